The van der Waals surface area contributed by atoms with Crippen LogP contribution in [0, 0.1) is 5.82 Å². The normalized spacial score (nSPS) is 12.4. The molecule has 0 spiro atoms. The van der Waals surface area contributed by atoms with Gasteiger partial charge >= 0.3 is 0 Å². The second-order valence-electron chi connectivity index (χ2n) is 5.09. The number of hydrogen-bond acceptors (Lipinski definition) is 2. The summed E-state index contributed by atoms with van der Waals surface area (Å²) in [6.45, 7) is 3.90. The molecule has 0 aromatic heterocycles. The van der Waals surface area contributed by atoms with Crippen molar-refractivity contribution in [3.05, 3.63) is 65.5 Å². The lowest BCUT2D eigenvalue weighted by atomic mass is 10.2. The highest BCUT2D eigenvalue weighted by molar-refractivity contribution is 7.83. The quantitative estimate of drug-likeness (QED) is 0.804. The molecular formula is C17H19FO2S. The molecule has 1 atom stereocenters. The van der Waals surface area contributed by atoms with Crippen molar-refractivity contribution in [1.82, 2.24) is 0 Å². The van der Waals surface area contributed by atoms with Crippen LogP contribution in [0.15, 0.2) is 48.5 Å². The standard InChI is InChI=1S/C17H19FO2S/c1-13(2)20-17-10-6-4-8-15(17)12-21(19)11-14-7-3-5-9-16(14)18/h3-10,13H,11-12H2,1-2H3/t21-/m0/s1. The third-order valence-corrected chi connectivity index (χ3v) is 4.19. The van der Waals surface area contributed by atoms with Crippen molar-refractivity contribution in [1.29, 1.82) is 0 Å². The van der Waals surface area contributed by atoms with Gasteiger partial charge in [0.1, 0.15) is 11.6 Å². The molecule has 0 radical (unpaired) electrons. The predicted molar refractivity (Wildman–Crippen MR) is 84.2 cm³/mol. The molecule has 0 aliphatic rings. The molecule has 112 valence electrons. The molecule has 21 heavy (non-hydrogen) atoms. The van der Waals surface area contributed by atoms with Crippen molar-refractivity contribution >= 4 is 10.8 Å². The molecular weight excluding hydrogens is 287 g/mol. The molecule has 0 aliphatic carbocycles. The van der Waals surface area contributed by atoms with E-state index in [2.05, 4.69) is 0 Å². The Hall–Kier alpha value is -1.68. The molecule has 2 aromatic rings. The minimum atomic E-state index is -1.18. The fourth-order valence-corrected chi connectivity index (χ4v) is 3.27. The van der Waals surface area contributed by atoms with Crippen LogP contribution in [0.5, 0.6) is 5.75 Å². The summed E-state index contributed by atoms with van der Waals surface area (Å²) in [6, 6.07) is 14.0. The Labute approximate surface area is 127 Å². The maximum atomic E-state index is 13.6. The molecule has 0 heterocycles. The van der Waals surface area contributed by atoms with E-state index in [-0.39, 0.29) is 17.7 Å². The summed E-state index contributed by atoms with van der Waals surface area (Å²) < 4.78 is 31.6. The molecule has 0 aliphatic heterocycles. The van der Waals surface area contributed by atoms with Crippen LogP contribution >= 0.6 is 0 Å². The van der Waals surface area contributed by atoms with E-state index < -0.39 is 10.8 Å². The Bertz CT molecular complexity index is 626. The average Bonchev–Trinajstić information content (AvgIpc) is 2.43. The number of para-hydroxylation sites is 1. The van der Waals surface area contributed by atoms with E-state index in [1.165, 1.54) is 6.07 Å². The monoisotopic (exact) mass is 306 g/mol. The zero-order chi connectivity index (χ0) is 15.2. The summed E-state index contributed by atoms with van der Waals surface area (Å²) in [6.07, 6.45) is 0.0613. The first-order valence-corrected chi connectivity index (χ1v) is 8.38. The van der Waals surface area contributed by atoms with Crippen molar-refractivity contribution in [3.63, 3.8) is 0 Å². The topological polar surface area (TPSA) is 26.3 Å². The lowest BCUT2D eigenvalue weighted by Gasteiger charge is -2.14. The molecule has 0 saturated carbocycles. The first-order chi connectivity index (χ1) is 10.1. The first-order valence-electron chi connectivity index (χ1n) is 6.89. The SMILES string of the molecule is CC(C)Oc1ccccc1C[S@@](=O)Cc1ccccc1F. The minimum Gasteiger partial charge on any atom is -0.491 e. The van der Waals surface area contributed by atoms with Gasteiger partial charge in [-0.2, -0.15) is 0 Å². The third kappa shape index (κ3) is 4.67. The molecule has 0 unspecified atom stereocenters. The van der Waals surface area contributed by atoms with E-state index in [1.807, 2.05) is 38.1 Å². The maximum absolute atomic E-state index is 13.6. The lowest BCUT2D eigenvalue weighted by molar-refractivity contribution is 0.240. The fourth-order valence-electron chi connectivity index (χ4n) is 2.01. The van der Waals surface area contributed by atoms with Crippen LogP contribution in [0.1, 0.15) is 25.0 Å². The largest absolute Gasteiger partial charge is 0.491 e. The van der Waals surface area contributed by atoms with Crippen LogP contribution in [0.4, 0.5) is 4.39 Å². The van der Waals surface area contributed by atoms with Crippen LogP contribution in [-0.2, 0) is 22.3 Å². The zero-order valence-corrected chi connectivity index (χ0v) is 13.0. The van der Waals surface area contributed by atoms with Gasteiger partial charge in [-0.05, 0) is 26.0 Å². The maximum Gasteiger partial charge on any atom is 0.127 e. The van der Waals surface area contributed by atoms with E-state index in [0.717, 1.165) is 11.3 Å². The molecule has 0 saturated heterocycles. The zero-order valence-electron chi connectivity index (χ0n) is 12.2. The van der Waals surface area contributed by atoms with Crippen molar-refractivity contribution in [2.24, 2.45) is 0 Å². The fraction of sp³-hybridized carbons (Fsp3) is 0.294. The highest BCUT2D eigenvalue weighted by Crippen LogP contribution is 2.22. The Morgan fingerprint density at radius 2 is 1.57 bits per heavy atom. The Morgan fingerprint density at radius 1 is 1.00 bits per heavy atom. The van der Waals surface area contributed by atoms with Crippen LogP contribution in [0.2, 0.25) is 0 Å². The predicted octanol–water partition coefficient (Wildman–Crippen LogP) is 4.06. The lowest BCUT2D eigenvalue weighted by Crippen LogP contribution is -2.09. The molecule has 0 fully saturated rings. The summed E-state index contributed by atoms with van der Waals surface area (Å²) in [5, 5.41) is 0. The third-order valence-electron chi connectivity index (χ3n) is 2.93. The highest BCUT2D eigenvalue weighted by atomic mass is 32.2. The van der Waals surface area contributed by atoms with Gasteiger partial charge in [-0.15, -0.1) is 0 Å². The number of ether oxygens (including phenoxy) is 1. The summed E-state index contributed by atoms with van der Waals surface area (Å²) in [4.78, 5) is 0. The van der Waals surface area contributed by atoms with Crippen LogP contribution in [-0.4, -0.2) is 10.3 Å². The Balaban J connectivity index is 2.08. The number of rotatable bonds is 6. The molecule has 0 bridgehead atoms. The van der Waals surface area contributed by atoms with Gasteiger partial charge in [-0.25, -0.2) is 4.39 Å². The second kappa shape index (κ2) is 7.36. The van der Waals surface area contributed by atoms with Gasteiger partial charge in [0.15, 0.2) is 0 Å². The van der Waals surface area contributed by atoms with Gasteiger partial charge in [-0.1, -0.05) is 36.4 Å². The van der Waals surface area contributed by atoms with Gasteiger partial charge in [0.25, 0.3) is 0 Å². The van der Waals surface area contributed by atoms with Crippen molar-refractivity contribution in [2.45, 2.75) is 31.5 Å². The first kappa shape index (κ1) is 15.7. The van der Waals surface area contributed by atoms with Crippen molar-refractivity contribution < 1.29 is 13.3 Å². The minimum absolute atomic E-state index is 0.0613. The van der Waals surface area contributed by atoms with Gasteiger partial charge in [0.2, 0.25) is 0 Å². The van der Waals surface area contributed by atoms with Crippen LogP contribution in [0.3, 0.4) is 0 Å². The van der Waals surface area contributed by atoms with Crippen molar-refractivity contribution in [2.75, 3.05) is 0 Å². The van der Waals surface area contributed by atoms with E-state index in [9.17, 15) is 8.60 Å². The number of halogens is 1. The van der Waals surface area contributed by atoms with E-state index >= 15 is 0 Å². The van der Waals surface area contributed by atoms with E-state index in [0.29, 0.717) is 11.3 Å². The number of benzene rings is 2. The van der Waals surface area contributed by atoms with E-state index in [1.54, 1.807) is 18.2 Å². The van der Waals surface area contributed by atoms with Crippen LogP contribution < -0.4 is 4.74 Å². The number of hydrogen-bond donors (Lipinski definition) is 0. The summed E-state index contributed by atoms with van der Waals surface area (Å²) in [7, 11) is -1.18. The Morgan fingerprint density at radius 3 is 2.24 bits per heavy atom. The van der Waals surface area contributed by atoms with Gasteiger partial charge in [-0.3, -0.25) is 4.21 Å². The Kier molecular flexibility index (Phi) is 5.51. The molecule has 4 heteroatoms. The molecule has 2 nitrogen and oxygen atoms in total. The van der Waals surface area contributed by atoms with Crippen LogP contribution in [0.25, 0.3) is 0 Å². The van der Waals surface area contributed by atoms with E-state index in [4.69, 9.17) is 4.74 Å². The second-order valence-corrected chi connectivity index (χ2v) is 6.55. The molecule has 2 rings (SSSR count). The summed E-state index contributed by atoms with van der Waals surface area (Å²) >= 11 is 0. The average molecular weight is 306 g/mol. The molecule has 0 amide bonds. The smallest absolute Gasteiger partial charge is 0.127 e. The highest BCUT2D eigenvalue weighted by Gasteiger charge is 2.11. The summed E-state index contributed by atoms with van der Waals surface area (Å²) in [5.74, 6) is 1.01. The molecule has 2 aromatic carbocycles. The summed E-state index contributed by atoms with van der Waals surface area (Å²) in [5.41, 5.74) is 1.37. The van der Waals surface area contributed by atoms with Crippen molar-refractivity contribution in [3.8, 4) is 5.75 Å². The van der Waals surface area contributed by atoms with Gasteiger partial charge in [0, 0.05) is 21.9 Å². The van der Waals surface area contributed by atoms with Gasteiger partial charge < -0.3 is 4.74 Å². The molecule has 0 N–H and O–H groups in total. The van der Waals surface area contributed by atoms with Gasteiger partial charge in [0.05, 0.1) is 17.6 Å².